The molecule has 3 aliphatic rings. The Labute approximate surface area is 206 Å². The number of nitrogens with one attached hydrogen (secondary N) is 3. The third kappa shape index (κ3) is 5.03. The van der Waals surface area contributed by atoms with Crippen molar-refractivity contribution in [3.8, 4) is 5.75 Å². The predicted octanol–water partition coefficient (Wildman–Crippen LogP) is 3.63. The fourth-order valence-corrected chi connectivity index (χ4v) is 5.66. The van der Waals surface area contributed by atoms with E-state index in [9.17, 15) is 9.59 Å². The van der Waals surface area contributed by atoms with Gasteiger partial charge in [-0.05, 0) is 58.6 Å². The topological polar surface area (TPSA) is 104 Å². The van der Waals surface area contributed by atoms with Gasteiger partial charge in [-0.2, -0.15) is 0 Å². The molecule has 0 radical (unpaired) electrons. The Morgan fingerprint density at radius 2 is 2.12 bits per heavy atom. The van der Waals surface area contributed by atoms with Crippen molar-refractivity contribution in [3.05, 3.63) is 28.8 Å². The second-order valence-corrected chi connectivity index (χ2v) is 11.3. The molecule has 2 aliphatic heterocycles. The van der Waals surface area contributed by atoms with Crippen LogP contribution in [0.4, 0.5) is 0 Å². The summed E-state index contributed by atoms with van der Waals surface area (Å²) in [4.78, 5) is 27.8. The minimum absolute atomic E-state index is 0.0268. The smallest absolute Gasteiger partial charge is 0.231 e. The quantitative estimate of drug-likeness (QED) is 0.541. The molecule has 34 heavy (non-hydrogen) atoms. The van der Waals surface area contributed by atoms with Crippen LogP contribution in [0.15, 0.2) is 18.2 Å². The van der Waals surface area contributed by atoms with Gasteiger partial charge in [0.25, 0.3) is 0 Å². The number of amides is 2. The van der Waals surface area contributed by atoms with E-state index in [2.05, 4.69) is 10.6 Å². The minimum Gasteiger partial charge on any atom is -0.487 e. The van der Waals surface area contributed by atoms with Crippen LogP contribution in [0.5, 0.6) is 5.75 Å². The average Bonchev–Trinajstić information content (AvgIpc) is 3.48. The van der Waals surface area contributed by atoms with Crippen LogP contribution in [0.2, 0.25) is 5.02 Å². The van der Waals surface area contributed by atoms with E-state index in [1.807, 2.05) is 45.9 Å². The van der Waals surface area contributed by atoms with Gasteiger partial charge < -0.3 is 20.1 Å². The average molecular weight is 491 g/mol. The van der Waals surface area contributed by atoms with E-state index in [0.29, 0.717) is 43.1 Å². The lowest BCUT2D eigenvalue weighted by atomic mass is 9.89. The van der Waals surface area contributed by atoms with Crippen molar-refractivity contribution in [1.82, 2.24) is 15.5 Å². The summed E-state index contributed by atoms with van der Waals surface area (Å²) >= 11 is 6.48. The van der Waals surface area contributed by atoms with Gasteiger partial charge in [-0.3, -0.25) is 19.9 Å². The number of hydrogen-bond donors (Lipinski definition) is 3. The van der Waals surface area contributed by atoms with Gasteiger partial charge in [-0.25, -0.2) is 0 Å². The Bertz CT molecular complexity index is 975. The number of halogens is 1. The normalized spacial score (nSPS) is 27.8. The van der Waals surface area contributed by atoms with Crippen LogP contribution in [0.3, 0.4) is 0 Å². The van der Waals surface area contributed by atoms with Gasteiger partial charge in [0, 0.05) is 54.6 Å². The molecular formula is C25H35ClN4O4. The molecule has 186 valence electrons. The van der Waals surface area contributed by atoms with Gasteiger partial charge in [0.1, 0.15) is 11.4 Å². The molecule has 0 spiro atoms. The molecule has 1 aliphatic carbocycles. The van der Waals surface area contributed by atoms with Gasteiger partial charge in [0.05, 0.1) is 6.04 Å². The van der Waals surface area contributed by atoms with Crippen molar-refractivity contribution in [1.29, 1.82) is 5.41 Å². The van der Waals surface area contributed by atoms with Crippen molar-refractivity contribution in [2.45, 2.75) is 76.6 Å². The summed E-state index contributed by atoms with van der Waals surface area (Å²) < 4.78 is 11.4. The first-order chi connectivity index (χ1) is 15.9. The molecule has 1 aromatic carbocycles. The van der Waals surface area contributed by atoms with Crippen LogP contribution < -0.4 is 15.4 Å². The largest absolute Gasteiger partial charge is 0.487 e. The lowest BCUT2D eigenvalue weighted by Gasteiger charge is -2.42. The summed E-state index contributed by atoms with van der Waals surface area (Å²) in [7, 11) is 1.62. The number of methoxy groups -OCH3 is 1. The number of nitrogens with zero attached hydrogens (tertiary/aromatic N) is 1. The third-order valence-electron chi connectivity index (χ3n) is 6.94. The molecule has 2 amide bonds. The van der Waals surface area contributed by atoms with Crippen LogP contribution in [0.1, 0.15) is 65.0 Å². The molecule has 0 aromatic heterocycles. The molecule has 3 N–H and O–H groups in total. The van der Waals surface area contributed by atoms with E-state index in [4.69, 9.17) is 26.5 Å². The van der Waals surface area contributed by atoms with E-state index in [0.717, 1.165) is 5.56 Å². The zero-order valence-electron chi connectivity index (χ0n) is 20.5. The SMILES string of the molecule is COCC[C@H]([C@@H]1C[C@H]1C(=O)N[C@H]1CC(C)(C)Oc2cccc(Cl)c21)N1C(=N)NC(C)(C)CC1=O. The molecule has 2 fully saturated rings. The van der Waals surface area contributed by atoms with Crippen molar-refractivity contribution in [2.75, 3.05) is 13.7 Å². The lowest BCUT2D eigenvalue weighted by Crippen LogP contribution is -2.63. The van der Waals surface area contributed by atoms with Crippen LogP contribution in [0.25, 0.3) is 0 Å². The lowest BCUT2D eigenvalue weighted by molar-refractivity contribution is -0.133. The van der Waals surface area contributed by atoms with Crippen molar-refractivity contribution in [2.24, 2.45) is 11.8 Å². The Morgan fingerprint density at radius 3 is 2.79 bits per heavy atom. The fourth-order valence-electron chi connectivity index (χ4n) is 5.36. The second-order valence-electron chi connectivity index (χ2n) is 10.9. The number of fused-ring (bicyclic) bond motifs is 1. The number of carbonyl (C=O) groups excluding carboxylic acids is 2. The van der Waals surface area contributed by atoms with Crippen LogP contribution in [-0.2, 0) is 14.3 Å². The molecule has 9 heteroatoms. The van der Waals surface area contributed by atoms with Crippen molar-refractivity contribution >= 4 is 29.4 Å². The molecule has 4 atom stereocenters. The first-order valence-corrected chi connectivity index (χ1v) is 12.3. The van der Waals surface area contributed by atoms with Crippen LogP contribution >= 0.6 is 11.6 Å². The number of carbonyl (C=O) groups is 2. The summed E-state index contributed by atoms with van der Waals surface area (Å²) in [5.74, 6) is 0.397. The van der Waals surface area contributed by atoms with Crippen molar-refractivity contribution < 1.29 is 19.1 Å². The zero-order chi connectivity index (χ0) is 24.8. The van der Waals surface area contributed by atoms with Crippen LogP contribution in [-0.4, -0.2) is 53.6 Å². The van der Waals surface area contributed by atoms with Gasteiger partial charge in [0.15, 0.2) is 5.96 Å². The van der Waals surface area contributed by atoms with Crippen LogP contribution in [0, 0.1) is 17.2 Å². The predicted molar refractivity (Wildman–Crippen MR) is 130 cm³/mol. The first kappa shape index (κ1) is 24.8. The molecule has 1 aromatic rings. The molecule has 4 rings (SSSR count). The molecule has 1 saturated carbocycles. The Balaban J connectivity index is 1.50. The standard InChI is InChI=1S/C25H35ClN4O4/c1-24(2)13-20(31)30(23(27)29-24)18(9-10-33-5)14-11-15(14)22(32)28-17-12-25(3,4)34-19-8-6-7-16(26)21(17)19/h6-8,14-15,17-18H,9-13H2,1-5H3,(H2,27,29)(H,28,32)/t14-,15-,17+,18-/m1/s1. The van der Waals surface area contributed by atoms with Gasteiger partial charge >= 0.3 is 0 Å². The minimum atomic E-state index is -0.459. The van der Waals surface area contributed by atoms with E-state index in [1.165, 1.54) is 4.90 Å². The highest BCUT2D eigenvalue weighted by Gasteiger charge is 2.53. The third-order valence-corrected chi connectivity index (χ3v) is 7.27. The zero-order valence-corrected chi connectivity index (χ0v) is 21.3. The molecule has 0 bridgehead atoms. The summed E-state index contributed by atoms with van der Waals surface area (Å²) in [6.07, 6.45) is 2.14. The van der Waals surface area contributed by atoms with E-state index < -0.39 is 11.1 Å². The van der Waals surface area contributed by atoms with Gasteiger partial charge in [-0.15, -0.1) is 0 Å². The summed E-state index contributed by atoms with van der Waals surface area (Å²) in [6.45, 7) is 8.27. The molecule has 2 heterocycles. The highest BCUT2D eigenvalue weighted by Crippen LogP contribution is 2.47. The monoisotopic (exact) mass is 490 g/mol. The van der Waals surface area contributed by atoms with Gasteiger partial charge in [0.2, 0.25) is 11.8 Å². The number of rotatable bonds is 7. The maximum atomic E-state index is 13.3. The summed E-state index contributed by atoms with van der Waals surface area (Å²) in [6, 6.07) is 5.02. The maximum Gasteiger partial charge on any atom is 0.231 e. The molecular weight excluding hydrogens is 456 g/mol. The molecule has 1 saturated heterocycles. The highest BCUT2D eigenvalue weighted by molar-refractivity contribution is 6.31. The Morgan fingerprint density at radius 1 is 1.38 bits per heavy atom. The molecule has 0 unspecified atom stereocenters. The van der Waals surface area contributed by atoms with E-state index >= 15 is 0 Å². The van der Waals surface area contributed by atoms with Crippen molar-refractivity contribution in [3.63, 3.8) is 0 Å². The Hall–Kier alpha value is -2.32. The second kappa shape index (κ2) is 9.04. The summed E-state index contributed by atoms with van der Waals surface area (Å²) in [5, 5.41) is 15.4. The fraction of sp³-hybridized carbons (Fsp3) is 0.640. The summed E-state index contributed by atoms with van der Waals surface area (Å²) in [5.41, 5.74) is -0.0865. The number of hydrogen-bond acceptors (Lipinski definition) is 5. The number of guanidine groups is 1. The number of ether oxygens (including phenoxy) is 2. The first-order valence-electron chi connectivity index (χ1n) is 11.9. The number of benzene rings is 1. The van der Waals surface area contributed by atoms with Gasteiger partial charge in [-0.1, -0.05) is 17.7 Å². The van der Waals surface area contributed by atoms with E-state index in [1.54, 1.807) is 7.11 Å². The maximum absolute atomic E-state index is 13.3. The molecule has 8 nitrogen and oxygen atoms in total. The Kier molecular flexibility index (Phi) is 6.59. The highest BCUT2D eigenvalue weighted by atomic mass is 35.5. The van der Waals surface area contributed by atoms with E-state index in [-0.39, 0.29) is 41.7 Å².